The minimum atomic E-state index is -1.31. The second-order valence-electron chi connectivity index (χ2n) is 9.71. The normalized spacial score (nSPS) is 14.7. The van der Waals surface area contributed by atoms with Crippen LogP contribution in [-0.4, -0.2) is 43.9 Å². The molecule has 0 atom stereocenters. The van der Waals surface area contributed by atoms with E-state index in [4.69, 9.17) is 17.3 Å². The molecule has 1 fully saturated rings. The number of hydrazine groups is 1. The molecule has 4 rings (SSSR count). The predicted molar refractivity (Wildman–Crippen MR) is 155 cm³/mol. The summed E-state index contributed by atoms with van der Waals surface area (Å²) in [5.74, 6) is -4.73. The largest absolute Gasteiger partial charge is 0.507 e. The minimum absolute atomic E-state index is 0.170. The molecule has 3 aromatic rings. The number of carboxylic acid groups (broad SMARTS) is 1. The van der Waals surface area contributed by atoms with Crippen molar-refractivity contribution in [2.75, 3.05) is 11.9 Å². The van der Waals surface area contributed by atoms with E-state index in [2.05, 4.69) is 10.7 Å². The molecule has 0 saturated carbocycles. The summed E-state index contributed by atoms with van der Waals surface area (Å²) in [6.45, 7) is 5.67. The van der Waals surface area contributed by atoms with Crippen molar-refractivity contribution in [2.24, 2.45) is 0 Å². The number of rotatable bonds is 7. The SMILES string of the molecule is CC(C)(C)c1sc(/C=C2\SC(=S)N(NCC(=O)Nc3ccc(C(=O)O)c(O)c3)C2=O)cc1-c1ccc(F)c(F)c1. The highest BCUT2D eigenvalue weighted by atomic mass is 32.2. The Balaban J connectivity index is 1.48. The number of aromatic hydroxyl groups is 1. The third-order valence-electron chi connectivity index (χ3n) is 5.64. The van der Waals surface area contributed by atoms with E-state index in [9.17, 15) is 28.3 Å². The van der Waals surface area contributed by atoms with Gasteiger partial charge in [0.25, 0.3) is 5.91 Å². The lowest BCUT2D eigenvalue weighted by Crippen LogP contribution is -2.44. The Labute approximate surface area is 241 Å². The number of hydrogen-bond donors (Lipinski definition) is 4. The highest BCUT2D eigenvalue weighted by Gasteiger charge is 2.33. The third kappa shape index (κ3) is 6.39. The first-order valence-electron chi connectivity index (χ1n) is 11.7. The first kappa shape index (κ1) is 29.3. The van der Waals surface area contributed by atoms with Crippen LogP contribution < -0.4 is 10.7 Å². The van der Waals surface area contributed by atoms with E-state index in [1.54, 1.807) is 6.08 Å². The number of amides is 2. The molecule has 8 nitrogen and oxygen atoms in total. The van der Waals surface area contributed by atoms with Gasteiger partial charge in [0.2, 0.25) is 5.91 Å². The van der Waals surface area contributed by atoms with Gasteiger partial charge < -0.3 is 15.5 Å². The number of benzene rings is 2. The zero-order valence-electron chi connectivity index (χ0n) is 21.4. The fourth-order valence-electron chi connectivity index (χ4n) is 3.80. The number of thiocarbonyl (C=S) groups is 1. The number of phenols is 1. The summed E-state index contributed by atoms with van der Waals surface area (Å²) in [5.41, 5.74) is 3.48. The van der Waals surface area contributed by atoms with Crippen LogP contribution in [0.2, 0.25) is 0 Å². The summed E-state index contributed by atoms with van der Waals surface area (Å²) < 4.78 is 27.7. The van der Waals surface area contributed by atoms with Crippen LogP contribution in [0.4, 0.5) is 14.5 Å². The monoisotopic (exact) mass is 603 g/mol. The Morgan fingerprint density at radius 2 is 1.82 bits per heavy atom. The fourth-order valence-corrected chi connectivity index (χ4v) is 6.26. The number of hydrogen-bond acceptors (Lipinski definition) is 8. The lowest BCUT2D eigenvalue weighted by atomic mass is 9.89. The number of nitrogens with zero attached hydrogens (tertiary/aromatic N) is 1. The van der Waals surface area contributed by atoms with Gasteiger partial charge in [0.05, 0.1) is 11.4 Å². The van der Waals surface area contributed by atoms with Crippen LogP contribution in [0.1, 0.15) is 40.9 Å². The van der Waals surface area contributed by atoms with Gasteiger partial charge in [-0.1, -0.05) is 50.8 Å². The van der Waals surface area contributed by atoms with E-state index in [1.165, 1.54) is 23.5 Å². The first-order valence-corrected chi connectivity index (χ1v) is 13.8. The van der Waals surface area contributed by atoms with Gasteiger partial charge in [-0.2, -0.15) is 0 Å². The van der Waals surface area contributed by atoms with Crippen molar-refractivity contribution in [3.05, 3.63) is 74.3 Å². The Morgan fingerprint density at radius 3 is 2.45 bits per heavy atom. The molecule has 2 amide bonds. The topological polar surface area (TPSA) is 119 Å². The van der Waals surface area contributed by atoms with Crippen LogP contribution >= 0.6 is 35.3 Å². The minimum Gasteiger partial charge on any atom is -0.507 e. The number of aromatic carboxylic acids is 1. The Hall–Kier alpha value is -3.65. The molecule has 0 bridgehead atoms. The molecule has 0 aliphatic carbocycles. The Morgan fingerprint density at radius 1 is 1.10 bits per heavy atom. The van der Waals surface area contributed by atoms with Crippen molar-refractivity contribution < 1.29 is 33.4 Å². The molecule has 13 heteroatoms. The number of thiophene rings is 1. The van der Waals surface area contributed by atoms with Gasteiger partial charge in [-0.3, -0.25) is 9.59 Å². The average Bonchev–Trinajstić information content (AvgIpc) is 3.40. The average molecular weight is 604 g/mol. The molecule has 0 radical (unpaired) electrons. The molecule has 40 heavy (non-hydrogen) atoms. The molecule has 0 spiro atoms. The van der Waals surface area contributed by atoms with E-state index < -0.39 is 35.2 Å². The van der Waals surface area contributed by atoms with E-state index >= 15 is 0 Å². The number of carboxylic acids is 1. The van der Waals surface area contributed by atoms with Crippen molar-refractivity contribution >= 4 is 69.2 Å². The zero-order chi connectivity index (χ0) is 29.4. The Kier molecular flexibility index (Phi) is 8.40. The van der Waals surface area contributed by atoms with E-state index in [0.29, 0.717) is 15.3 Å². The van der Waals surface area contributed by atoms with Crippen molar-refractivity contribution in [1.29, 1.82) is 0 Å². The van der Waals surface area contributed by atoms with Gasteiger partial charge in [0, 0.05) is 21.5 Å². The first-order chi connectivity index (χ1) is 18.7. The number of nitrogens with one attached hydrogen (secondary N) is 2. The second-order valence-corrected chi connectivity index (χ2v) is 12.5. The summed E-state index contributed by atoms with van der Waals surface area (Å²) in [7, 11) is 0. The van der Waals surface area contributed by atoms with E-state index in [-0.39, 0.29) is 27.5 Å². The molecule has 2 heterocycles. The highest BCUT2D eigenvalue weighted by Crippen LogP contribution is 2.42. The summed E-state index contributed by atoms with van der Waals surface area (Å²) >= 11 is 7.78. The molecule has 2 aromatic carbocycles. The summed E-state index contributed by atoms with van der Waals surface area (Å²) in [4.78, 5) is 38.4. The van der Waals surface area contributed by atoms with Crippen LogP contribution in [0.3, 0.4) is 0 Å². The van der Waals surface area contributed by atoms with Gasteiger partial charge in [-0.15, -0.1) is 11.3 Å². The molecular weight excluding hydrogens is 581 g/mol. The summed E-state index contributed by atoms with van der Waals surface area (Å²) in [6.07, 6.45) is 1.66. The van der Waals surface area contributed by atoms with Gasteiger partial charge in [-0.05, 0) is 52.9 Å². The van der Waals surface area contributed by atoms with Crippen molar-refractivity contribution in [2.45, 2.75) is 26.2 Å². The lowest BCUT2D eigenvalue weighted by Gasteiger charge is -2.19. The van der Waals surface area contributed by atoms with Gasteiger partial charge in [0.1, 0.15) is 11.3 Å². The molecule has 1 saturated heterocycles. The van der Waals surface area contributed by atoms with Crippen LogP contribution in [-0.2, 0) is 15.0 Å². The molecular formula is C27H23F2N3O5S3. The number of halogens is 2. The van der Waals surface area contributed by atoms with E-state index in [1.807, 2.05) is 26.8 Å². The van der Waals surface area contributed by atoms with Crippen LogP contribution in [0.5, 0.6) is 5.75 Å². The van der Waals surface area contributed by atoms with Crippen LogP contribution in [0.25, 0.3) is 17.2 Å². The second kappa shape index (κ2) is 11.5. The van der Waals surface area contributed by atoms with Crippen LogP contribution in [0.15, 0.2) is 47.4 Å². The van der Waals surface area contributed by atoms with Gasteiger partial charge >= 0.3 is 5.97 Å². The van der Waals surface area contributed by atoms with Crippen LogP contribution in [0, 0.1) is 11.6 Å². The predicted octanol–water partition coefficient (Wildman–Crippen LogP) is 5.74. The lowest BCUT2D eigenvalue weighted by molar-refractivity contribution is -0.124. The van der Waals surface area contributed by atoms with Crippen molar-refractivity contribution in [1.82, 2.24) is 10.4 Å². The maximum Gasteiger partial charge on any atom is 0.339 e. The zero-order valence-corrected chi connectivity index (χ0v) is 23.8. The standard InChI is InChI=1S/C27H23F2N3O5S3/c1-27(2,3)23-17(13-4-7-18(28)19(29)8-13)10-15(39-23)11-21-24(35)32(26(38)40-21)30-12-22(34)31-14-5-6-16(25(36)37)20(33)9-14/h4-11,30,33H,12H2,1-3H3,(H,31,34)(H,36,37)/b21-11-. The molecule has 208 valence electrons. The van der Waals surface area contributed by atoms with Crippen molar-refractivity contribution in [3.8, 4) is 16.9 Å². The van der Waals surface area contributed by atoms with Gasteiger partial charge in [-0.25, -0.2) is 24.0 Å². The number of carbonyl (C=O) groups excluding carboxylic acids is 2. The third-order valence-corrected chi connectivity index (χ3v) is 8.45. The van der Waals surface area contributed by atoms with Crippen molar-refractivity contribution in [3.63, 3.8) is 0 Å². The maximum atomic E-state index is 14.0. The number of carbonyl (C=O) groups is 3. The quantitative estimate of drug-likeness (QED) is 0.200. The highest BCUT2D eigenvalue weighted by molar-refractivity contribution is 8.26. The number of anilines is 1. The molecule has 1 aromatic heterocycles. The summed E-state index contributed by atoms with van der Waals surface area (Å²) in [6, 6.07) is 9.13. The molecule has 1 aliphatic rings. The Bertz CT molecular complexity index is 1580. The van der Waals surface area contributed by atoms with Gasteiger partial charge in [0.15, 0.2) is 16.0 Å². The van der Waals surface area contributed by atoms with E-state index in [0.717, 1.165) is 51.5 Å². The number of thioether (sulfide) groups is 1. The molecule has 4 N–H and O–H groups in total. The maximum absolute atomic E-state index is 14.0. The fraction of sp³-hybridized carbons (Fsp3) is 0.185. The molecule has 1 aliphatic heterocycles. The molecule has 0 unspecified atom stereocenters. The smallest absolute Gasteiger partial charge is 0.339 e. The summed E-state index contributed by atoms with van der Waals surface area (Å²) in [5, 5.41) is 22.3.